The van der Waals surface area contributed by atoms with Crippen molar-refractivity contribution in [2.24, 2.45) is 11.8 Å². The van der Waals surface area contributed by atoms with Gasteiger partial charge in [-0.25, -0.2) is 12.7 Å². The van der Waals surface area contributed by atoms with Gasteiger partial charge in [-0.05, 0) is 30.4 Å². The molecule has 0 radical (unpaired) electrons. The lowest BCUT2D eigenvalue weighted by Crippen LogP contribution is -2.29. The Hall–Kier alpha value is -1.27. The molecule has 1 aliphatic carbocycles. The van der Waals surface area contributed by atoms with Crippen molar-refractivity contribution in [2.45, 2.75) is 18.2 Å². The van der Waals surface area contributed by atoms with Crippen LogP contribution in [0.2, 0.25) is 0 Å². The number of ether oxygens (including phenoxy) is 1. The number of hydrogen-bond donors (Lipinski definition) is 1. The van der Waals surface area contributed by atoms with E-state index in [1.807, 2.05) is 0 Å². The lowest BCUT2D eigenvalue weighted by molar-refractivity contribution is 0.396. The molecular formula is C13H20N2O3S. The molecule has 1 aliphatic rings. The Labute approximate surface area is 114 Å². The van der Waals surface area contributed by atoms with Crippen LogP contribution in [-0.2, 0) is 10.0 Å². The number of nitrogens with two attached hydrogens (primary N) is 1. The molecule has 2 atom stereocenters. The number of rotatable bonds is 5. The summed E-state index contributed by atoms with van der Waals surface area (Å²) in [5, 5.41) is 0. The largest absolute Gasteiger partial charge is 0.495 e. The maximum absolute atomic E-state index is 12.5. The van der Waals surface area contributed by atoms with Gasteiger partial charge in [-0.1, -0.05) is 6.92 Å². The van der Waals surface area contributed by atoms with E-state index in [0.717, 1.165) is 6.42 Å². The fraction of sp³-hybridized carbons (Fsp3) is 0.538. The fourth-order valence-electron chi connectivity index (χ4n) is 2.15. The second-order valence-corrected chi connectivity index (χ2v) is 7.18. The smallest absolute Gasteiger partial charge is 0.246 e. The maximum atomic E-state index is 12.5. The molecular weight excluding hydrogens is 264 g/mol. The first-order chi connectivity index (χ1) is 8.86. The third-order valence-corrected chi connectivity index (χ3v) is 5.51. The summed E-state index contributed by atoms with van der Waals surface area (Å²) >= 11 is 0. The molecule has 0 spiro atoms. The first-order valence-corrected chi connectivity index (χ1v) is 7.70. The number of nitrogen functional groups attached to an aromatic ring is 1. The molecule has 1 saturated carbocycles. The standard InChI is InChI=1S/C13H20N2O3S/c1-9-6-10(9)8-15(2)19(16,17)13-5-4-11(14)7-12(13)18-3/h4-5,7,9-10H,6,8,14H2,1-3H3. The third-order valence-electron chi connectivity index (χ3n) is 3.64. The fourth-order valence-corrected chi connectivity index (χ4v) is 3.51. The van der Waals surface area contributed by atoms with E-state index in [4.69, 9.17) is 10.5 Å². The van der Waals surface area contributed by atoms with Crippen LogP contribution in [-0.4, -0.2) is 33.4 Å². The predicted molar refractivity (Wildman–Crippen MR) is 74.5 cm³/mol. The van der Waals surface area contributed by atoms with E-state index in [9.17, 15) is 8.42 Å². The van der Waals surface area contributed by atoms with Crippen LogP contribution >= 0.6 is 0 Å². The minimum Gasteiger partial charge on any atom is -0.495 e. The van der Waals surface area contributed by atoms with Gasteiger partial charge in [0.2, 0.25) is 10.0 Å². The summed E-state index contributed by atoms with van der Waals surface area (Å²) in [4.78, 5) is 0.167. The van der Waals surface area contributed by atoms with E-state index in [1.54, 1.807) is 13.1 Å². The topological polar surface area (TPSA) is 72.6 Å². The molecule has 0 saturated heterocycles. The monoisotopic (exact) mass is 284 g/mol. The Morgan fingerprint density at radius 3 is 2.63 bits per heavy atom. The Balaban J connectivity index is 2.28. The highest BCUT2D eigenvalue weighted by Gasteiger charge is 2.36. The summed E-state index contributed by atoms with van der Waals surface area (Å²) in [5.41, 5.74) is 6.12. The van der Waals surface area contributed by atoms with E-state index in [2.05, 4.69) is 6.92 Å². The van der Waals surface area contributed by atoms with Gasteiger partial charge in [0.15, 0.2) is 0 Å². The van der Waals surface area contributed by atoms with Crippen molar-refractivity contribution in [1.29, 1.82) is 0 Å². The predicted octanol–water partition coefficient (Wildman–Crippen LogP) is 1.55. The van der Waals surface area contributed by atoms with Crippen molar-refractivity contribution in [3.63, 3.8) is 0 Å². The first kappa shape index (κ1) is 14.1. The van der Waals surface area contributed by atoms with Crippen LogP contribution in [0.3, 0.4) is 0 Å². The zero-order valence-electron chi connectivity index (χ0n) is 11.5. The number of methoxy groups -OCH3 is 1. The lowest BCUT2D eigenvalue weighted by Gasteiger charge is -2.19. The molecule has 0 heterocycles. The molecule has 2 N–H and O–H groups in total. The highest BCUT2D eigenvalue weighted by atomic mass is 32.2. The first-order valence-electron chi connectivity index (χ1n) is 6.26. The number of hydrogen-bond acceptors (Lipinski definition) is 4. The quantitative estimate of drug-likeness (QED) is 0.833. The highest BCUT2D eigenvalue weighted by Crippen LogP contribution is 2.39. The molecule has 5 nitrogen and oxygen atoms in total. The van der Waals surface area contributed by atoms with Crippen molar-refractivity contribution in [3.05, 3.63) is 18.2 Å². The van der Waals surface area contributed by atoms with Gasteiger partial charge in [-0.2, -0.15) is 0 Å². The van der Waals surface area contributed by atoms with Gasteiger partial charge in [0.1, 0.15) is 10.6 Å². The van der Waals surface area contributed by atoms with Crippen LogP contribution < -0.4 is 10.5 Å². The summed E-state index contributed by atoms with van der Waals surface area (Å²) in [6.07, 6.45) is 1.10. The Morgan fingerprint density at radius 1 is 1.47 bits per heavy atom. The van der Waals surface area contributed by atoms with Crippen LogP contribution in [0.25, 0.3) is 0 Å². The van der Waals surface area contributed by atoms with E-state index in [1.165, 1.54) is 23.5 Å². The Morgan fingerprint density at radius 2 is 2.11 bits per heavy atom. The lowest BCUT2D eigenvalue weighted by atomic mass is 10.3. The molecule has 0 aliphatic heterocycles. The third kappa shape index (κ3) is 2.84. The van der Waals surface area contributed by atoms with Crippen molar-refractivity contribution < 1.29 is 13.2 Å². The highest BCUT2D eigenvalue weighted by molar-refractivity contribution is 7.89. The van der Waals surface area contributed by atoms with Crippen molar-refractivity contribution >= 4 is 15.7 Å². The van der Waals surface area contributed by atoms with Gasteiger partial charge in [-0.3, -0.25) is 0 Å². The van der Waals surface area contributed by atoms with Crippen LogP contribution in [0.4, 0.5) is 5.69 Å². The van der Waals surface area contributed by atoms with Crippen LogP contribution in [0.1, 0.15) is 13.3 Å². The van der Waals surface area contributed by atoms with Crippen LogP contribution in [0, 0.1) is 11.8 Å². The minimum atomic E-state index is -3.52. The average Bonchev–Trinajstić information content (AvgIpc) is 3.04. The van der Waals surface area contributed by atoms with Gasteiger partial charge in [0, 0.05) is 25.3 Å². The van der Waals surface area contributed by atoms with Gasteiger partial charge in [0.25, 0.3) is 0 Å². The van der Waals surface area contributed by atoms with Crippen LogP contribution in [0.15, 0.2) is 23.1 Å². The summed E-state index contributed by atoms with van der Waals surface area (Å²) in [7, 11) is -0.476. The van der Waals surface area contributed by atoms with Crippen LogP contribution in [0.5, 0.6) is 5.75 Å². The van der Waals surface area contributed by atoms with E-state index >= 15 is 0 Å². The minimum absolute atomic E-state index is 0.167. The second kappa shape index (κ2) is 5.02. The molecule has 1 fully saturated rings. The molecule has 6 heteroatoms. The van der Waals surface area contributed by atoms with E-state index in [0.29, 0.717) is 24.1 Å². The van der Waals surface area contributed by atoms with Crippen molar-refractivity contribution in [3.8, 4) is 5.75 Å². The Bertz CT molecular complexity index is 571. The SMILES string of the molecule is COc1cc(N)ccc1S(=O)(=O)N(C)CC1CC1C. The van der Waals surface area contributed by atoms with Gasteiger partial charge >= 0.3 is 0 Å². The number of nitrogens with zero attached hydrogens (tertiary/aromatic N) is 1. The second-order valence-electron chi connectivity index (χ2n) is 5.17. The number of anilines is 1. The summed E-state index contributed by atoms with van der Waals surface area (Å²) in [6.45, 7) is 2.69. The molecule has 1 aromatic carbocycles. The molecule has 0 aromatic heterocycles. The zero-order chi connectivity index (χ0) is 14.2. The molecule has 2 unspecified atom stereocenters. The van der Waals surface area contributed by atoms with Crippen molar-refractivity contribution in [1.82, 2.24) is 4.31 Å². The summed E-state index contributed by atoms with van der Waals surface area (Å²) < 4.78 is 31.5. The summed E-state index contributed by atoms with van der Waals surface area (Å²) in [5.74, 6) is 1.38. The molecule has 106 valence electrons. The molecule has 19 heavy (non-hydrogen) atoms. The van der Waals surface area contributed by atoms with E-state index < -0.39 is 10.0 Å². The van der Waals surface area contributed by atoms with E-state index in [-0.39, 0.29) is 10.6 Å². The number of benzene rings is 1. The maximum Gasteiger partial charge on any atom is 0.246 e. The molecule has 0 bridgehead atoms. The Kier molecular flexibility index (Phi) is 3.73. The summed E-state index contributed by atoms with van der Waals surface area (Å²) in [6, 6.07) is 4.60. The zero-order valence-corrected chi connectivity index (χ0v) is 12.3. The normalized spacial score (nSPS) is 22.5. The van der Waals surface area contributed by atoms with Gasteiger partial charge < -0.3 is 10.5 Å². The van der Waals surface area contributed by atoms with Crippen molar-refractivity contribution in [2.75, 3.05) is 26.4 Å². The van der Waals surface area contributed by atoms with Gasteiger partial charge in [-0.15, -0.1) is 0 Å². The average molecular weight is 284 g/mol. The number of sulfonamides is 1. The van der Waals surface area contributed by atoms with Gasteiger partial charge in [0.05, 0.1) is 7.11 Å². The molecule has 0 amide bonds. The molecule has 2 rings (SSSR count). The molecule has 1 aromatic rings.